The molecular formula is C12H9ClN2O2. The number of esters is 1. The van der Waals surface area contributed by atoms with Gasteiger partial charge in [-0.05, 0) is 24.3 Å². The molecular weight excluding hydrogens is 240 g/mol. The quantitative estimate of drug-likeness (QED) is 0.606. The van der Waals surface area contributed by atoms with E-state index in [9.17, 15) is 4.79 Å². The van der Waals surface area contributed by atoms with Gasteiger partial charge in [0.05, 0.1) is 18.4 Å². The predicted octanol–water partition coefficient (Wildman–Crippen LogP) is 2.58. The van der Waals surface area contributed by atoms with E-state index < -0.39 is 5.97 Å². The van der Waals surface area contributed by atoms with Crippen LogP contribution in [0.4, 0.5) is 0 Å². The van der Waals surface area contributed by atoms with Crippen molar-refractivity contribution in [3.8, 4) is 11.3 Å². The van der Waals surface area contributed by atoms with E-state index in [0.717, 1.165) is 5.56 Å². The second-order valence-electron chi connectivity index (χ2n) is 3.26. The summed E-state index contributed by atoms with van der Waals surface area (Å²) in [6, 6.07) is 6.70. The van der Waals surface area contributed by atoms with Crippen LogP contribution in [0.3, 0.4) is 0 Å². The van der Waals surface area contributed by atoms with Crippen molar-refractivity contribution in [3.63, 3.8) is 0 Å². The van der Waals surface area contributed by atoms with Crippen molar-refractivity contribution in [1.29, 1.82) is 0 Å². The van der Waals surface area contributed by atoms with Gasteiger partial charge in [-0.3, -0.25) is 4.98 Å². The largest absolute Gasteiger partial charge is 0.465 e. The van der Waals surface area contributed by atoms with Crippen molar-refractivity contribution in [1.82, 2.24) is 9.97 Å². The maximum atomic E-state index is 11.6. The van der Waals surface area contributed by atoms with Crippen LogP contribution in [-0.4, -0.2) is 23.0 Å². The summed E-state index contributed by atoms with van der Waals surface area (Å²) in [6.07, 6.45) is 3.26. The van der Waals surface area contributed by atoms with Crippen LogP contribution in [0.25, 0.3) is 11.3 Å². The average molecular weight is 249 g/mol. The predicted molar refractivity (Wildman–Crippen MR) is 63.8 cm³/mol. The molecule has 0 saturated heterocycles. The molecule has 2 rings (SSSR count). The van der Waals surface area contributed by atoms with Crippen LogP contribution >= 0.6 is 11.6 Å². The fraction of sp³-hybridized carbons (Fsp3) is 0.0833. The molecule has 0 N–H and O–H groups in total. The monoisotopic (exact) mass is 248 g/mol. The van der Waals surface area contributed by atoms with E-state index in [1.54, 1.807) is 36.7 Å². The summed E-state index contributed by atoms with van der Waals surface area (Å²) in [5.74, 6) is -0.451. The highest BCUT2D eigenvalue weighted by Gasteiger charge is 2.15. The molecule has 0 unspecified atom stereocenters. The molecule has 0 aliphatic carbocycles. The van der Waals surface area contributed by atoms with Gasteiger partial charge in [-0.25, -0.2) is 9.78 Å². The molecule has 0 bridgehead atoms. The Labute approximate surface area is 103 Å². The maximum Gasteiger partial charge on any atom is 0.340 e. The lowest BCUT2D eigenvalue weighted by Gasteiger charge is -2.06. The van der Waals surface area contributed by atoms with Crippen LogP contribution in [0.1, 0.15) is 10.4 Å². The lowest BCUT2D eigenvalue weighted by molar-refractivity contribution is 0.0601. The van der Waals surface area contributed by atoms with E-state index in [4.69, 9.17) is 16.3 Å². The fourth-order valence-corrected chi connectivity index (χ4v) is 1.58. The van der Waals surface area contributed by atoms with Crippen molar-refractivity contribution in [2.45, 2.75) is 0 Å². The van der Waals surface area contributed by atoms with Gasteiger partial charge in [-0.2, -0.15) is 0 Å². The molecule has 0 amide bonds. The van der Waals surface area contributed by atoms with E-state index in [0.29, 0.717) is 16.4 Å². The molecule has 2 aromatic rings. The van der Waals surface area contributed by atoms with Crippen LogP contribution < -0.4 is 0 Å². The molecule has 5 heteroatoms. The number of rotatable bonds is 2. The minimum Gasteiger partial charge on any atom is -0.465 e. The smallest absolute Gasteiger partial charge is 0.340 e. The number of carbonyl (C=O) groups excluding carboxylic acids is 1. The zero-order valence-electron chi connectivity index (χ0n) is 9.05. The summed E-state index contributed by atoms with van der Waals surface area (Å²) in [7, 11) is 1.32. The number of nitrogens with zero attached hydrogens (tertiary/aromatic N) is 2. The van der Waals surface area contributed by atoms with Gasteiger partial charge < -0.3 is 4.74 Å². The SMILES string of the molecule is COC(=O)c1ccc(Cl)nc1-c1cccnc1. The number of aromatic nitrogens is 2. The van der Waals surface area contributed by atoms with Crippen LogP contribution in [-0.2, 0) is 4.74 Å². The Kier molecular flexibility index (Phi) is 3.35. The van der Waals surface area contributed by atoms with Crippen molar-refractivity contribution >= 4 is 17.6 Å². The first-order valence-corrected chi connectivity index (χ1v) is 5.25. The Balaban J connectivity index is 2.59. The zero-order chi connectivity index (χ0) is 12.3. The average Bonchev–Trinajstić information content (AvgIpc) is 2.39. The molecule has 0 radical (unpaired) electrons. The standard InChI is InChI=1S/C12H9ClN2O2/c1-17-12(16)9-4-5-10(13)15-11(9)8-3-2-6-14-7-8/h2-7H,1H3. The number of carbonyl (C=O) groups is 1. The Morgan fingerprint density at radius 3 is 2.82 bits per heavy atom. The van der Waals surface area contributed by atoms with E-state index >= 15 is 0 Å². The lowest BCUT2D eigenvalue weighted by atomic mass is 10.1. The van der Waals surface area contributed by atoms with Gasteiger partial charge >= 0.3 is 5.97 Å². The summed E-state index contributed by atoms with van der Waals surface area (Å²) in [5, 5.41) is 0.316. The Hall–Kier alpha value is -1.94. The first-order valence-electron chi connectivity index (χ1n) is 4.87. The van der Waals surface area contributed by atoms with Crippen LogP contribution in [0.15, 0.2) is 36.7 Å². The van der Waals surface area contributed by atoms with Gasteiger partial charge in [0.2, 0.25) is 0 Å². The Bertz CT molecular complexity index is 543. The van der Waals surface area contributed by atoms with Crippen molar-refractivity contribution in [2.24, 2.45) is 0 Å². The maximum absolute atomic E-state index is 11.6. The number of halogens is 1. The molecule has 0 atom stereocenters. The number of hydrogen-bond acceptors (Lipinski definition) is 4. The highest BCUT2D eigenvalue weighted by Crippen LogP contribution is 2.23. The van der Waals surface area contributed by atoms with Crippen molar-refractivity contribution in [3.05, 3.63) is 47.4 Å². The summed E-state index contributed by atoms with van der Waals surface area (Å²) in [6.45, 7) is 0. The van der Waals surface area contributed by atoms with E-state index in [2.05, 4.69) is 9.97 Å². The van der Waals surface area contributed by atoms with Gasteiger partial charge in [0.25, 0.3) is 0 Å². The Morgan fingerprint density at radius 2 is 2.18 bits per heavy atom. The number of hydrogen-bond donors (Lipinski definition) is 0. The van der Waals surface area contributed by atoms with E-state index in [1.165, 1.54) is 7.11 Å². The van der Waals surface area contributed by atoms with Gasteiger partial charge in [-0.1, -0.05) is 11.6 Å². The highest BCUT2D eigenvalue weighted by molar-refractivity contribution is 6.29. The molecule has 0 aliphatic rings. The minimum atomic E-state index is -0.451. The fourth-order valence-electron chi connectivity index (χ4n) is 1.43. The highest BCUT2D eigenvalue weighted by atomic mass is 35.5. The third kappa shape index (κ3) is 2.42. The topological polar surface area (TPSA) is 52.1 Å². The zero-order valence-corrected chi connectivity index (χ0v) is 9.81. The molecule has 0 fully saturated rings. The van der Waals surface area contributed by atoms with Crippen molar-refractivity contribution < 1.29 is 9.53 Å². The minimum absolute atomic E-state index is 0.316. The third-order valence-corrected chi connectivity index (χ3v) is 2.41. The second-order valence-corrected chi connectivity index (χ2v) is 3.65. The van der Waals surface area contributed by atoms with E-state index in [1.807, 2.05) is 0 Å². The summed E-state index contributed by atoms with van der Waals surface area (Å²) < 4.78 is 4.70. The van der Waals surface area contributed by atoms with Gasteiger partial charge in [0.15, 0.2) is 0 Å². The molecule has 4 nitrogen and oxygen atoms in total. The lowest BCUT2D eigenvalue weighted by Crippen LogP contribution is -2.05. The van der Waals surface area contributed by atoms with Gasteiger partial charge in [0.1, 0.15) is 5.15 Å². The number of pyridine rings is 2. The van der Waals surface area contributed by atoms with Gasteiger partial charge in [-0.15, -0.1) is 0 Å². The molecule has 86 valence electrons. The molecule has 0 saturated carbocycles. The Morgan fingerprint density at radius 1 is 1.35 bits per heavy atom. The molecule has 0 spiro atoms. The van der Waals surface area contributed by atoms with Crippen LogP contribution in [0.5, 0.6) is 0 Å². The molecule has 0 aromatic carbocycles. The summed E-state index contributed by atoms with van der Waals surface area (Å²) >= 11 is 5.83. The molecule has 2 heterocycles. The first-order chi connectivity index (χ1) is 8.22. The van der Waals surface area contributed by atoms with Gasteiger partial charge in [0, 0.05) is 18.0 Å². The first kappa shape index (κ1) is 11.5. The third-order valence-electron chi connectivity index (χ3n) is 2.20. The number of methoxy groups -OCH3 is 1. The summed E-state index contributed by atoms with van der Waals surface area (Å²) in [4.78, 5) is 19.7. The molecule has 0 aliphatic heterocycles. The normalized spacial score (nSPS) is 10.0. The van der Waals surface area contributed by atoms with E-state index in [-0.39, 0.29) is 0 Å². The number of ether oxygens (including phenoxy) is 1. The van der Waals surface area contributed by atoms with Crippen molar-refractivity contribution in [2.75, 3.05) is 7.11 Å². The molecule has 17 heavy (non-hydrogen) atoms. The van der Waals surface area contributed by atoms with Crippen LogP contribution in [0, 0.1) is 0 Å². The van der Waals surface area contributed by atoms with Crippen LogP contribution in [0.2, 0.25) is 5.15 Å². The summed E-state index contributed by atoms with van der Waals surface area (Å²) in [5.41, 5.74) is 1.55. The second kappa shape index (κ2) is 4.93. The molecule has 2 aromatic heterocycles.